The molecule has 6 heteroatoms. The summed E-state index contributed by atoms with van der Waals surface area (Å²) in [4.78, 5) is 16.1. The maximum Gasteiger partial charge on any atom is 0.338 e. The zero-order valence-electron chi connectivity index (χ0n) is 14.1. The lowest BCUT2D eigenvalue weighted by Gasteiger charge is -2.11. The Morgan fingerprint density at radius 3 is 2.46 bits per heavy atom. The van der Waals surface area contributed by atoms with E-state index in [4.69, 9.17) is 4.74 Å². The second kappa shape index (κ2) is 7.49. The zero-order valence-corrected chi connectivity index (χ0v) is 14.9. The summed E-state index contributed by atoms with van der Waals surface area (Å²) >= 11 is 0. The fourth-order valence-electron chi connectivity index (χ4n) is 2.66. The molecule has 3 aromatic rings. The van der Waals surface area contributed by atoms with Crippen LogP contribution in [0.3, 0.4) is 0 Å². The number of hydrogen-bond acceptors (Lipinski definition) is 5. The number of benzene rings is 2. The van der Waals surface area contributed by atoms with Gasteiger partial charge in [0.25, 0.3) is 0 Å². The number of ether oxygens (including phenoxy) is 1. The predicted octanol–water partition coefficient (Wildman–Crippen LogP) is 3.51. The lowest BCUT2D eigenvalue weighted by atomic mass is 9.97. The summed E-state index contributed by atoms with van der Waals surface area (Å²) in [5, 5.41) is 0. The van der Waals surface area contributed by atoms with Crippen molar-refractivity contribution in [1.82, 2.24) is 4.98 Å². The van der Waals surface area contributed by atoms with Crippen LogP contribution in [0, 0.1) is 0 Å². The van der Waals surface area contributed by atoms with Gasteiger partial charge in [0.1, 0.15) is 0 Å². The van der Waals surface area contributed by atoms with Crippen molar-refractivity contribution in [3.63, 3.8) is 0 Å². The Hall–Kier alpha value is -2.99. The van der Waals surface area contributed by atoms with Crippen LogP contribution in [-0.4, -0.2) is 26.5 Å². The minimum absolute atomic E-state index is 0.165. The van der Waals surface area contributed by atoms with Gasteiger partial charge in [0.2, 0.25) is 0 Å². The highest BCUT2D eigenvalue weighted by Crippen LogP contribution is 2.27. The first-order valence-corrected chi connectivity index (χ1v) is 9.56. The van der Waals surface area contributed by atoms with Gasteiger partial charge in [0, 0.05) is 12.4 Å². The number of nitrogens with zero attached hydrogens (tertiary/aromatic N) is 1. The first kappa shape index (κ1) is 17.8. The maximum absolute atomic E-state index is 12.6. The summed E-state index contributed by atoms with van der Waals surface area (Å²) < 4.78 is 30.0. The van der Waals surface area contributed by atoms with Crippen molar-refractivity contribution in [3.8, 4) is 11.1 Å². The van der Waals surface area contributed by atoms with Crippen LogP contribution in [0.2, 0.25) is 0 Å². The highest BCUT2D eigenvalue weighted by molar-refractivity contribution is 7.90. The molecule has 0 amide bonds. The molecule has 0 bridgehead atoms. The second-order valence-corrected chi connectivity index (χ2v) is 7.67. The largest absolute Gasteiger partial charge is 0.465 e. The van der Waals surface area contributed by atoms with Crippen LogP contribution < -0.4 is 0 Å². The molecule has 2 aromatic carbocycles. The third-order valence-electron chi connectivity index (χ3n) is 3.92. The summed E-state index contributed by atoms with van der Waals surface area (Å²) in [7, 11) is -2.21. The Morgan fingerprint density at radius 2 is 1.81 bits per heavy atom. The average molecular weight is 367 g/mol. The number of esters is 1. The van der Waals surface area contributed by atoms with Gasteiger partial charge in [-0.1, -0.05) is 36.4 Å². The molecule has 0 saturated heterocycles. The van der Waals surface area contributed by atoms with Gasteiger partial charge in [0.15, 0.2) is 9.84 Å². The molecule has 26 heavy (non-hydrogen) atoms. The van der Waals surface area contributed by atoms with Gasteiger partial charge in [0.05, 0.1) is 23.3 Å². The number of rotatable bonds is 5. The summed E-state index contributed by atoms with van der Waals surface area (Å²) in [5.41, 5.74) is 2.42. The number of carbonyl (C=O) groups is 1. The highest BCUT2D eigenvalue weighted by Gasteiger charge is 2.19. The molecule has 0 spiro atoms. The Morgan fingerprint density at radius 1 is 1.04 bits per heavy atom. The molecule has 1 heterocycles. The minimum Gasteiger partial charge on any atom is -0.465 e. The molecule has 1 aromatic heterocycles. The Kier molecular flexibility index (Phi) is 5.14. The van der Waals surface area contributed by atoms with E-state index in [2.05, 4.69) is 4.98 Å². The Bertz CT molecular complexity index is 1020. The zero-order chi connectivity index (χ0) is 18.6. The van der Waals surface area contributed by atoms with E-state index in [1.165, 1.54) is 25.6 Å². The molecule has 132 valence electrons. The van der Waals surface area contributed by atoms with Crippen LogP contribution in [-0.2, 0) is 20.3 Å². The van der Waals surface area contributed by atoms with Crippen LogP contribution in [0.25, 0.3) is 11.1 Å². The molecule has 0 aliphatic rings. The van der Waals surface area contributed by atoms with E-state index in [0.717, 1.165) is 5.56 Å². The molecular weight excluding hydrogens is 350 g/mol. The molecule has 0 aliphatic heterocycles. The van der Waals surface area contributed by atoms with Gasteiger partial charge in [-0.2, -0.15) is 0 Å². The van der Waals surface area contributed by atoms with Gasteiger partial charge < -0.3 is 4.74 Å². The van der Waals surface area contributed by atoms with Gasteiger partial charge in [-0.15, -0.1) is 0 Å². The first-order valence-electron chi connectivity index (χ1n) is 7.91. The molecule has 0 N–H and O–H groups in total. The molecule has 0 unspecified atom stereocenters. The summed E-state index contributed by atoms with van der Waals surface area (Å²) in [5.74, 6) is -0.648. The number of sulfone groups is 1. The van der Waals surface area contributed by atoms with E-state index in [-0.39, 0.29) is 10.6 Å². The molecule has 0 fully saturated rings. The molecule has 0 aliphatic carbocycles. The van der Waals surface area contributed by atoms with Crippen molar-refractivity contribution in [2.75, 3.05) is 7.11 Å². The third kappa shape index (κ3) is 3.81. The van der Waals surface area contributed by atoms with Crippen molar-refractivity contribution < 1.29 is 17.9 Å². The molecule has 0 atom stereocenters. The van der Waals surface area contributed by atoms with Crippen LogP contribution in [0.5, 0.6) is 0 Å². The normalized spacial score (nSPS) is 11.1. The van der Waals surface area contributed by atoms with Gasteiger partial charge >= 0.3 is 5.97 Å². The monoisotopic (exact) mass is 367 g/mol. The van der Waals surface area contributed by atoms with E-state index < -0.39 is 15.8 Å². The van der Waals surface area contributed by atoms with E-state index in [0.29, 0.717) is 16.7 Å². The van der Waals surface area contributed by atoms with Crippen LogP contribution >= 0.6 is 0 Å². The Balaban J connectivity index is 2.04. The van der Waals surface area contributed by atoms with Crippen LogP contribution in [0.1, 0.15) is 15.9 Å². The Labute approximate surface area is 152 Å². The van der Waals surface area contributed by atoms with Crippen molar-refractivity contribution >= 4 is 15.8 Å². The van der Waals surface area contributed by atoms with Crippen molar-refractivity contribution in [2.24, 2.45) is 0 Å². The summed E-state index contributed by atoms with van der Waals surface area (Å²) in [6.45, 7) is 0. The average Bonchev–Trinajstić information content (AvgIpc) is 2.68. The van der Waals surface area contributed by atoms with E-state index in [9.17, 15) is 13.2 Å². The topological polar surface area (TPSA) is 73.3 Å². The number of aromatic nitrogens is 1. The molecule has 0 saturated carbocycles. The predicted molar refractivity (Wildman–Crippen MR) is 98.3 cm³/mol. The lowest BCUT2D eigenvalue weighted by Crippen LogP contribution is -2.08. The molecule has 3 rings (SSSR count). The van der Waals surface area contributed by atoms with E-state index >= 15 is 0 Å². The molecule has 5 nitrogen and oxygen atoms in total. The van der Waals surface area contributed by atoms with E-state index in [1.54, 1.807) is 24.3 Å². The number of hydrogen-bond donors (Lipinski definition) is 0. The number of pyridine rings is 1. The quantitative estimate of drug-likeness (QED) is 0.645. The smallest absolute Gasteiger partial charge is 0.338 e. The second-order valence-electron chi connectivity index (χ2n) is 5.69. The van der Waals surface area contributed by atoms with E-state index in [1.807, 2.05) is 30.3 Å². The van der Waals surface area contributed by atoms with Crippen LogP contribution in [0.4, 0.5) is 0 Å². The maximum atomic E-state index is 12.6. The SMILES string of the molecule is COC(=O)c1ccc(CS(=O)(=O)c2cccnc2)cc1-c1ccccc1. The van der Waals surface area contributed by atoms with Crippen LogP contribution in [0.15, 0.2) is 78.0 Å². The number of methoxy groups -OCH3 is 1. The highest BCUT2D eigenvalue weighted by atomic mass is 32.2. The summed E-state index contributed by atoms with van der Waals surface area (Å²) in [6.07, 6.45) is 2.86. The van der Waals surface area contributed by atoms with Crippen molar-refractivity contribution in [1.29, 1.82) is 0 Å². The van der Waals surface area contributed by atoms with Gasteiger partial charge in [-0.25, -0.2) is 13.2 Å². The molecule has 0 radical (unpaired) electrons. The van der Waals surface area contributed by atoms with Gasteiger partial charge in [-0.05, 0) is 41.0 Å². The third-order valence-corrected chi connectivity index (χ3v) is 5.60. The standard InChI is InChI=1S/C20H17NO4S/c1-25-20(22)18-10-9-15(12-19(18)16-6-3-2-4-7-16)14-26(23,24)17-8-5-11-21-13-17/h2-13H,14H2,1H3. The van der Waals surface area contributed by atoms with Gasteiger partial charge in [-0.3, -0.25) is 4.98 Å². The van der Waals surface area contributed by atoms with Crippen molar-refractivity contribution in [2.45, 2.75) is 10.6 Å². The number of carbonyl (C=O) groups excluding carboxylic acids is 1. The molecular formula is C20H17NO4S. The fraction of sp³-hybridized carbons (Fsp3) is 0.100. The lowest BCUT2D eigenvalue weighted by molar-refractivity contribution is 0.0601. The minimum atomic E-state index is -3.53. The summed E-state index contributed by atoms with van der Waals surface area (Å²) in [6, 6.07) is 17.4. The fourth-order valence-corrected chi connectivity index (χ4v) is 3.95. The van der Waals surface area contributed by atoms with Crippen molar-refractivity contribution in [3.05, 3.63) is 84.2 Å². The first-order chi connectivity index (χ1) is 12.5.